The molecule has 0 spiro atoms. The molecule has 0 aliphatic rings. The van der Waals surface area contributed by atoms with Crippen LogP contribution in [0.5, 0.6) is 0 Å². The molecular weight excluding hydrogens is 405 g/mol. The highest BCUT2D eigenvalue weighted by Crippen LogP contribution is 2.44. The second-order valence-electron chi connectivity index (χ2n) is 5.19. The van der Waals surface area contributed by atoms with Gasteiger partial charge in [-0.05, 0) is 18.2 Å². The second kappa shape index (κ2) is 7.72. The molecule has 0 aliphatic heterocycles. The van der Waals surface area contributed by atoms with Crippen molar-refractivity contribution >= 4 is 52.7 Å². The summed E-state index contributed by atoms with van der Waals surface area (Å²) >= 11 is 13.6. The molecule has 1 aromatic carbocycles. The normalized spacial score (nSPS) is 11.2. The number of hydrogen-bond donors (Lipinski definition) is 3. The smallest absolute Gasteiger partial charge is 0.220 e. The molecule has 10 heteroatoms. The number of halogens is 2. The van der Waals surface area contributed by atoms with Crippen LogP contribution in [0.3, 0.4) is 0 Å². The van der Waals surface area contributed by atoms with Gasteiger partial charge < -0.3 is 11.5 Å². The molecule has 0 fully saturated rings. The zero-order chi connectivity index (χ0) is 19.6. The largest absolute Gasteiger partial charge is 0.382 e. The topological polar surface area (TPSA) is 138 Å². The van der Waals surface area contributed by atoms with Gasteiger partial charge in [0.15, 0.2) is 0 Å². The molecule has 7 nitrogen and oxygen atoms in total. The fourth-order valence-corrected chi connectivity index (χ4v) is 4.12. The molecule has 5 N–H and O–H groups in total. The first-order valence-electron chi connectivity index (χ1n) is 7.40. The van der Waals surface area contributed by atoms with E-state index in [1.807, 2.05) is 0 Å². The lowest BCUT2D eigenvalue weighted by Gasteiger charge is -2.07. The van der Waals surface area contributed by atoms with Gasteiger partial charge in [-0.1, -0.05) is 29.3 Å². The number of aliphatic imine (C=N–C) groups is 1. The van der Waals surface area contributed by atoms with Gasteiger partial charge in [0, 0.05) is 27.4 Å². The van der Waals surface area contributed by atoms with E-state index in [0.717, 1.165) is 6.34 Å². The van der Waals surface area contributed by atoms with Crippen molar-refractivity contribution in [3.63, 3.8) is 0 Å². The van der Waals surface area contributed by atoms with Crippen LogP contribution in [0.4, 0.5) is 5.95 Å². The van der Waals surface area contributed by atoms with Gasteiger partial charge in [0.2, 0.25) is 5.95 Å². The van der Waals surface area contributed by atoms with Crippen molar-refractivity contribution in [1.82, 2.24) is 9.97 Å². The minimum Gasteiger partial charge on any atom is -0.382 e. The number of aromatic nitrogens is 2. The van der Waals surface area contributed by atoms with Gasteiger partial charge in [0.05, 0.1) is 21.0 Å². The van der Waals surface area contributed by atoms with Gasteiger partial charge in [-0.3, -0.25) is 5.41 Å². The fourth-order valence-electron chi connectivity index (χ4n) is 2.48. The zero-order valence-electron chi connectivity index (χ0n) is 13.6. The highest BCUT2D eigenvalue weighted by molar-refractivity contribution is 7.18. The first-order valence-corrected chi connectivity index (χ1v) is 8.97. The van der Waals surface area contributed by atoms with Crippen molar-refractivity contribution in [3.05, 3.63) is 50.9 Å². The molecule has 2 heterocycles. The number of benzene rings is 1. The Morgan fingerprint density at radius 3 is 2.74 bits per heavy atom. The molecule has 0 aliphatic carbocycles. The highest BCUT2D eigenvalue weighted by atomic mass is 35.5. The van der Waals surface area contributed by atoms with Crippen LogP contribution in [0.2, 0.25) is 10.0 Å². The maximum atomic E-state index is 9.85. The SMILES string of the molecule is N#Cc1c(-c2ccnc(N)n2)sc(C(N)=NC=N)c1-c1ccc(Cl)cc1Cl. The molecule has 2 aromatic heterocycles. The number of anilines is 1. The van der Waals surface area contributed by atoms with E-state index in [9.17, 15) is 5.26 Å². The summed E-state index contributed by atoms with van der Waals surface area (Å²) in [6, 6.07) is 8.77. The quantitative estimate of drug-likeness (QED) is 0.437. The summed E-state index contributed by atoms with van der Waals surface area (Å²) in [5, 5.41) is 17.9. The Morgan fingerprint density at radius 1 is 1.33 bits per heavy atom. The molecule has 3 rings (SSSR count). The van der Waals surface area contributed by atoms with E-state index in [0.29, 0.717) is 42.2 Å². The monoisotopic (exact) mass is 415 g/mol. The van der Waals surface area contributed by atoms with Crippen molar-refractivity contribution in [1.29, 1.82) is 10.7 Å². The molecule has 0 unspecified atom stereocenters. The maximum Gasteiger partial charge on any atom is 0.220 e. The Labute approximate surface area is 168 Å². The summed E-state index contributed by atoms with van der Waals surface area (Å²) in [6.07, 6.45) is 2.33. The molecule has 0 radical (unpaired) electrons. The van der Waals surface area contributed by atoms with Crippen LogP contribution in [0.15, 0.2) is 35.5 Å². The van der Waals surface area contributed by atoms with Crippen molar-refractivity contribution in [2.24, 2.45) is 10.7 Å². The maximum absolute atomic E-state index is 9.85. The van der Waals surface area contributed by atoms with Crippen LogP contribution in [0.25, 0.3) is 21.7 Å². The van der Waals surface area contributed by atoms with Crippen LogP contribution in [-0.4, -0.2) is 22.1 Å². The third-order valence-corrected chi connectivity index (χ3v) is 5.35. The van der Waals surface area contributed by atoms with Crippen molar-refractivity contribution < 1.29 is 0 Å². The lowest BCUT2D eigenvalue weighted by molar-refractivity contribution is 1.19. The van der Waals surface area contributed by atoms with Gasteiger partial charge in [-0.15, -0.1) is 11.3 Å². The molecule has 0 atom stereocenters. The zero-order valence-corrected chi connectivity index (χ0v) is 15.9. The van der Waals surface area contributed by atoms with E-state index in [-0.39, 0.29) is 11.8 Å². The highest BCUT2D eigenvalue weighted by Gasteiger charge is 2.25. The summed E-state index contributed by atoms with van der Waals surface area (Å²) in [6.45, 7) is 0. The Balaban J connectivity index is 2.38. The number of nitrogen functional groups attached to an aromatic ring is 1. The molecule has 0 bridgehead atoms. The number of nitriles is 1. The fraction of sp³-hybridized carbons (Fsp3) is 0. The Kier molecular flexibility index (Phi) is 5.37. The summed E-state index contributed by atoms with van der Waals surface area (Å²) < 4.78 is 0. The van der Waals surface area contributed by atoms with Crippen LogP contribution < -0.4 is 11.5 Å². The Bertz CT molecular complexity index is 1110. The van der Waals surface area contributed by atoms with E-state index in [1.165, 1.54) is 17.5 Å². The first kappa shape index (κ1) is 18.8. The minimum atomic E-state index is 0.0820. The summed E-state index contributed by atoms with van der Waals surface area (Å²) in [5.41, 5.74) is 13.6. The van der Waals surface area contributed by atoms with E-state index < -0.39 is 0 Å². The number of nitrogens with one attached hydrogen (secondary N) is 1. The average Bonchev–Trinajstić information content (AvgIpc) is 3.01. The van der Waals surface area contributed by atoms with Crippen molar-refractivity contribution in [2.75, 3.05) is 5.73 Å². The lowest BCUT2D eigenvalue weighted by atomic mass is 9.99. The lowest BCUT2D eigenvalue weighted by Crippen LogP contribution is -2.12. The minimum absolute atomic E-state index is 0.0820. The third kappa shape index (κ3) is 3.61. The predicted octanol–water partition coefficient (Wildman–Crippen LogP) is 3.95. The first-order chi connectivity index (χ1) is 13.0. The summed E-state index contributed by atoms with van der Waals surface area (Å²) in [7, 11) is 0. The van der Waals surface area contributed by atoms with Crippen LogP contribution in [0.1, 0.15) is 10.4 Å². The van der Waals surface area contributed by atoms with Gasteiger partial charge in [-0.25, -0.2) is 15.0 Å². The number of nitrogens with zero attached hydrogens (tertiary/aromatic N) is 4. The van der Waals surface area contributed by atoms with E-state index in [1.54, 1.807) is 24.3 Å². The van der Waals surface area contributed by atoms with E-state index >= 15 is 0 Å². The number of hydrogen-bond acceptors (Lipinski definition) is 6. The molecule has 0 saturated carbocycles. The van der Waals surface area contributed by atoms with Gasteiger partial charge in [0.1, 0.15) is 18.2 Å². The molecule has 27 heavy (non-hydrogen) atoms. The number of nitrogens with two attached hydrogens (primary N) is 2. The Morgan fingerprint density at radius 2 is 2.11 bits per heavy atom. The number of thiophene rings is 1. The van der Waals surface area contributed by atoms with Gasteiger partial charge in [-0.2, -0.15) is 5.26 Å². The molecule has 3 aromatic rings. The molecular formula is C17H11Cl2N7S. The standard InChI is InChI=1S/C17H11Cl2N7S/c18-8-1-2-9(11(19)5-8)13-10(6-20)14(12-3-4-24-17(23)26-12)27-15(13)16(22)25-7-21/h1-5,7H,(H3,21,22,25)(H2,23,24,26). The summed E-state index contributed by atoms with van der Waals surface area (Å²) in [5.74, 6) is 0.166. The number of amidine groups is 1. The average molecular weight is 416 g/mol. The van der Waals surface area contributed by atoms with E-state index in [2.05, 4.69) is 21.0 Å². The van der Waals surface area contributed by atoms with Gasteiger partial charge >= 0.3 is 0 Å². The van der Waals surface area contributed by atoms with Crippen molar-refractivity contribution in [2.45, 2.75) is 0 Å². The molecule has 0 amide bonds. The van der Waals surface area contributed by atoms with E-state index in [4.69, 9.17) is 40.1 Å². The van der Waals surface area contributed by atoms with Gasteiger partial charge in [0.25, 0.3) is 0 Å². The predicted molar refractivity (Wildman–Crippen MR) is 109 cm³/mol. The molecule has 0 saturated heterocycles. The van der Waals surface area contributed by atoms with Crippen LogP contribution >= 0.6 is 34.5 Å². The second-order valence-corrected chi connectivity index (χ2v) is 7.05. The third-order valence-electron chi connectivity index (χ3n) is 3.56. The van der Waals surface area contributed by atoms with Crippen LogP contribution in [0, 0.1) is 16.7 Å². The van der Waals surface area contributed by atoms with Crippen molar-refractivity contribution in [3.8, 4) is 27.8 Å². The Hall–Kier alpha value is -2.99. The van der Waals surface area contributed by atoms with Crippen LogP contribution in [-0.2, 0) is 0 Å². The summed E-state index contributed by atoms with van der Waals surface area (Å²) in [4.78, 5) is 12.9. The molecule has 134 valence electrons. The number of rotatable bonds is 4.